The smallest absolute Gasteiger partial charge is 0.315 e. The highest BCUT2D eigenvalue weighted by molar-refractivity contribution is 6.00. The van der Waals surface area contributed by atoms with E-state index in [2.05, 4.69) is 0 Å². The van der Waals surface area contributed by atoms with Gasteiger partial charge in [-0.3, -0.25) is 14.4 Å². The second kappa shape index (κ2) is 4.96. The molecule has 0 radical (unpaired) electrons. The molecule has 1 heterocycles. The van der Waals surface area contributed by atoms with Crippen LogP contribution in [0.2, 0.25) is 0 Å². The van der Waals surface area contributed by atoms with E-state index >= 15 is 0 Å². The molecule has 102 valence electrons. The van der Waals surface area contributed by atoms with Crippen molar-refractivity contribution < 1.29 is 19.5 Å². The van der Waals surface area contributed by atoms with Crippen molar-refractivity contribution in [2.75, 3.05) is 19.6 Å². The van der Waals surface area contributed by atoms with Crippen LogP contribution in [0.25, 0.3) is 0 Å². The summed E-state index contributed by atoms with van der Waals surface area (Å²) in [6.07, 6.45) is 0. The SMILES string of the molecule is CCN1CCN(C(=O)C(C)C(=O)O)C(C)(C)C1=O. The summed E-state index contributed by atoms with van der Waals surface area (Å²) in [7, 11) is 0. The summed E-state index contributed by atoms with van der Waals surface area (Å²) < 4.78 is 0. The van der Waals surface area contributed by atoms with Crippen LogP contribution in [0.5, 0.6) is 0 Å². The van der Waals surface area contributed by atoms with Gasteiger partial charge in [0.25, 0.3) is 0 Å². The van der Waals surface area contributed by atoms with Crippen LogP contribution in [0.1, 0.15) is 27.7 Å². The average Bonchev–Trinajstić information content (AvgIpc) is 2.30. The third-order valence-electron chi connectivity index (χ3n) is 3.47. The van der Waals surface area contributed by atoms with Crippen LogP contribution in [-0.2, 0) is 14.4 Å². The standard InChI is InChI=1S/C12H20N2O4/c1-5-13-6-7-14(12(3,4)11(13)18)9(15)8(2)10(16)17/h8H,5-7H2,1-4H3,(H,16,17). The highest BCUT2D eigenvalue weighted by atomic mass is 16.4. The Morgan fingerprint density at radius 1 is 1.39 bits per heavy atom. The van der Waals surface area contributed by atoms with Crippen molar-refractivity contribution in [3.05, 3.63) is 0 Å². The molecule has 1 aliphatic heterocycles. The van der Waals surface area contributed by atoms with Crippen molar-refractivity contribution in [3.8, 4) is 0 Å². The number of carboxylic acid groups (broad SMARTS) is 1. The van der Waals surface area contributed by atoms with Crippen LogP contribution in [-0.4, -0.2) is 57.9 Å². The predicted octanol–water partition coefficient (Wildman–Crippen LogP) is 0.176. The molecular weight excluding hydrogens is 236 g/mol. The van der Waals surface area contributed by atoms with Gasteiger partial charge in [-0.25, -0.2) is 0 Å². The fourth-order valence-corrected chi connectivity index (χ4v) is 2.13. The minimum absolute atomic E-state index is 0.137. The zero-order valence-corrected chi connectivity index (χ0v) is 11.3. The van der Waals surface area contributed by atoms with Gasteiger partial charge in [-0.2, -0.15) is 0 Å². The van der Waals surface area contributed by atoms with Gasteiger partial charge in [0.2, 0.25) is 11.8 Å². The molecule has 1 rings (SSSR count). The van der Waals surface area contributed by atoms with E-state index in [0.717, 1.165) is 0 Å². The number of aliphatic carboxylic acids is 1. The fourth-order valence-electron chi connectivity index (χ4n) is 2.13. The van der Waals surface area contributed by atoms with E-state index in [4.69, 9.17) is 5.11 Å². The summed E-state index contributed by atoms with van der Waals surface area (Å²) in [6.45, 7) is 7.97. The quantitative estimate of drug-likeness (QED) is 0.730. The largest absolute Gasteiger partial charge is 0.481 e. The molecule has 0 aliphatic carbocycles. The fraction of sp³-hybridized carbons (Fsp3) is 0.750. The van der Waals surface area contributed by atoms with Crippen molar-refractivity contribution >= 4 is 17.8 Å². The first-order chi connectivity index (χ1) is 8.23. The monoisotopic (exact) mass is 256 g/mol. The van der Waals surface area contributed by atoms with Crippen molar-refractivity contribution in [1.29, 1.82) is 0 Å². The maximum atomic E-state index is 12.2. The predicted molar refractivity (Wildman–Crippen MR) is 64.8 cm³/mol. The molecule has 0 aromatic heterocycles. The third kappa shape index (κ3) is 2.32. The molecule has 0 aromatic carbocycles. The minimum atomic E-state index is -1.17. The molecule has 0 bridgehead atoms. The van der Waals surface area contributed by atoms with Gasteiger partial charge < -0.3 is 14.9 Å². The van der Waals surface area contributed by atoms with Crippen LogP contribution >= 0.6 is 0 Å². The van der Waals surface area contributed by atoms with Crippen LogP contribution in [0, 0.1) is 5.92 Å². The summed E-state index contributed by atoms with van der Waals surface area (Å²) in [5.74, 6) is -2.93. The van der Waals surface area contributed by atoms with Gasteiger partial charge in [0.1, 0.15) is 11.5 Å². The van der Waals surface area contributed by atoms with E-state index in [9.17, 15) is 14.4 Å². The van der Waals surface area contributed by atoms with E-state index in [1.807, 2.05) is 6.92 Å². The molecule has 1 N–H and O–H groups in total. The normalized spacial score (nSPS) is 20.8. The average molecular weight is 256 g/mol. The summed E-state index contributed by atoms with van der Waals surface area (Å²) in [6, 6.07) is 0. The van der Waals surface area contributed by atoms with E-state index in [-0.39, 0.29) is 5.91 Å². The van der Waals surface area contributed by atoms with Crippen LogP contribution < -0.4 is 0 Å². The number of nitrogens with zero attached hydrogens (tertiary/aromatic N) is 2. The highest BCUT2D eigenvalue weighted by Crippen LogP contribution is 2.24. The number of piperazine rings is 1. The topological polar surface area (TPSA) is 77.9 Å². The Labute approximate surface area is 107 Å². The van der Waals surface area contributed by atoms with Crippen LogP contribution in [0.4, 0.5) is 0 Å². The number of hydrogen-bond donors (Lipinski definition) is 1. The molecular formula is C12H20N2O4. The first-order valence-electron chi connectivity index (χ1n) is 6.07. The zero-order chi connectivity index (χ0) is 14.1. The van der Waals surface area contributed by atoms with Gasteiger partial charge in [0.05, 0.1) is 0 Å². The minimum Gasteiger partial charge on any atom is -0.481 e. The molecule has 1 aliphatic rings. The molecule has 2 amide bonds. The molecule has 0 aromatic rings. The van der Waals surface area contributed by atoms with Crippen molar-refractivity contribution in [3.63, 3.8) is 0 Å². The zero-order valence-electron chi connectivity index (χ0n) is 11.3. The van der Waals surface area contributed by atoms with Gasteiger partial charge >= 0.3 is 5.97 Å². The van der Waals surface area contributed by atoms with E-state index in [0.29, 0.717) is 19.6 Å². The van der Waals surface area contributed by atoms with Gasteiger partial charge in [-0.15, -0.1) is 0 Å². The van der Waals surface area contributed by atoms with Crippen molar-refractivity contribution in [1.82, 2.24) is 9.80 Å². The molecule has 6 nitrogen and oxygen atoms in total. The Balaban J connectivity index is 2.95. The van der Waals surface area contributed by atoms with Gasteiger partial charge in [0, 0.05) is 19.6 Å². The Bertz CT molecular complexity index is 378. The van der Waals surface area contributed by atoms with Gasteiger partial charge in [-0.05, 0) is 27.7 Å². The van der Waals surface area contributed by atoms with E-state index < -0.39 is 23.3 Å². The summed E-state index contributed by atoms with van der Waals surface area (Å²) in [5.41, 5.74) is -0.977. The van der Waals surface area contributed by atoms with Crippen molar-refractivity contribution in [2.45, 2.75) is 33.2 Å². The van der Waals surface area contributed by atoms with Crippen LogP contribution in [0.3, 0.4) is 0 Å². The molecule has 0 saturated carbocycles. The highest BCUT2D eigenvalue weighted by Gasteiger charge is 2.45. The van der Waals surface area contributed by atoms with Crippen molar-refractivity contribution in [2.24, 2.45) is 5.92 Å². The van der Waals surface area contributed by atoms with Gasteiger partial charge in [0.15, 0.2) is 0 Å². The number of likely N-dealkylation sites (N-methyl/N-ethyl adjacent to an activating group) is 1. The number of carbonyl (C=O) groups excluding carboxylic acids is 2. The van der Waals surface area contributed by atoms with E-state index in [1.54, 1.807) is 18.7 Å². The number of carboxylic acids is 1. The Morgan fingerprint density at radius 3 is 2.39 bits per heavy atom. The second-order valence-corrected chi connectivity index (χ2v) is 4.99. The lowest BCUT2D eigenvalue weighted by atomic mass is 9.95. The number of amides is 2. The number of rotatable bonds is 3. The number of carbonyl (C=O) groups is 3. The molecule has 1 atom stereocenters. The maximum absolute atomic E-state index is 12.2. The summed E-state index contributed by atoms with van der Waals surface area (Å²) >= 11 is 0. The summed E-state index contributed by atoms with van der Waals surface area (Å²) in [4.78, 5) is 38.1. The lowest BCUT2D eigenvalue weighted by Gasteiger charge is -2.46. The molecule has 1 saturated heterocycles. The Hall–Kier alpha value is -1.59. The third-order valence-corrected chi connectivity index (χ3v) is 3.47. The second-order valence-electron chi connectivity index (χ2n) is 4.99. The van der Waals surface area contributed by atoms with Crippen LogP contribution in [0.15, 0.2) is 0 Å². The summed E-state index contributed by atoms with van der Waals surface area (Å²) in [5, 5.41) is 8.87. The lowest BCUT2D eigenvalue weighted by Crippen LogP contribution is -2.65. The molecule has 0 spiro atoms. The molecule has 1 fully saturated rings. The lowest BCUT2D eigenvalue weighted by molar-refractivity contribution is -0.164. The first-order valence-corrected chi connectivity index (χ1v) is 6.07. The Kier molecular flexibility index (Phi) is 3.98. The molecule has 6 heteroatoms. The Morgan fingerprint density at radius 2 is 1.94 bits per heavy atom. The number of hydrogen-bond acceptors (Lipinski definition) is 3. The van der Waals surface area contributed by atoms with E-state index in [1.165, 1.54) is 11.8 Å². The molecule has 1 unspecified atom stereocenters. The maximum Gasteiger partial charge on any atom is 0.315 e. The molecule has 18 heavy (non-hydrogen) atoms. The van der Waals surface area contributed by atoms with Gasteiger partial charge in [-0.1, -0.05) is 0 Å². The first kappa shape index (κ1) is 14.5.